The molecule has 2 rings (SSSR count). The van der Waals surface area contributed by atoms with Gasteiger partial charge in [-0.2, -0.15) is 0 Å². The molecule has 0 aromatic heterocycles. The number of fused-ring (bicyclic) bond motifs is 1. The van der Waals surface area contributed by atoms with Crippen LogP contribution in [0.15, 0.2) is 18.2 Å². The maximum absolute atomic E-state index is 12.2. The van der Waals surface area contributed by atoms with Crippen LogP contribution in [-0.2, 0) is 11.2 Å². The van der Waals surface area contributed by atoms with Gasteiger partial charge in [0.05, 0.1) is 12.7 Å². The molecule has 0 saturated heterocycles. The maximum Gasteiger partial charge on any atom is 0.251 e. The minimum Gasteiger partial charge on any atom is -0.385 e. The highest BCUT2D eigenvalue weighted by Crippen LogP contribution is 2.25. The van der Waals surface area contributed by atoms with Gasteiger partial charge in [0.2, 0.25) is 0 Å². The van der Waals surface area contributed by atoms with Gasteiger partial charge in [0, 0.05) is 24.3 Å². The third kappa shape index (κ3) is 3.70. The molecule has 2 N–H and O–H groups in total. The first-order chi connectivity index (χ1) is 9.18. The number of hydrogen-bond donors (Lipinski definition) is 2. The fourth-order valence-electron chi connectivity index (χ4n) is 2.28. The zero-order chi connectivity index (χ0) is 13.7. The average Bonchev–Trinajstić information content (AvgIpc) is 2.42. The van der Waals surface area contributed by atoms with Gasteiger partial charge in [-0.15, -0.1) is 0 Å². The number of amides is 1. The first kappa shape index (κ1) is 13.9. The molecule has 1 aliphatic heterocycles. The Morgan fingerprint density at radius 2 is 2.32 bits per heavy atom. The van der Waals surface area contributed by atoms with Gasteiger partial charge in [-0.1, -0.05) is 6.07 Å². The summed E-state index contributed by atoms with van der Waals surface area (Å²) in [6.45, 7) is 6.06. The lowest BCUT2D eigenvalue weighted by Gasteiger charge is -2.20. The van der Waals surface area contributed by atoms with Crippen molar-refractivity contribution in [2.45, 2.75) is 32.8 Å². The third-order valence-corrected chi connectivity index (χ3v) is 3.18. The van der Waals surface area contributed by atoms with E-state index in [1.54, 1.807) is 0 Å². The van der Waals surface area contributed by atoms with E-state index in [2.05, 4.69) is 10.6 Å². The first-order valence-electron chi connectivity index (χ1n) is 6.94. The Morgan fingerprint density at radius 1 is 1.47 bits per heavy atom. The monoisotopic (exact) mass is 262 g/mol. The summed E-state index contributed by atoms with van der Waals surface area (Å²) in [5.74, 6) is -0.00657. The first-order valence-corrected chi connectivity index (χ1v) is 6.94. The molecule has 4 nitrogen and oxygen atoms in total. The van der Waals surface area contributed by atoms with Crippen molar-refractivity contribution in [2.24, 2.45) is 0 Å². The fraction of sp³-hybridized carbons (Fsp3) is 0.533. The van der Waals surface area contributed by atoms with Crippen molar-refractivity contribution in [2.75, 3.05) is 25.0 Å². The molecule has 4 heteroatoms. The molecule has 0 atom stereocenters. The molecule has 1 amide bonds. The van der Waals surface area contributed by atoms with E-state index in [1.807, 2.05) is 32.0 Å². The number of hydrogen-bond acceptors (Lipinski definition) is 3. The van der Waals surface area contributed by atoms with Gasteiger partial charge in [-0.05, 0) is 44.4 Å². The summed E-state index contributed by atoms with van der Waals surface area (Å²) >= 11 is 0. The largest absolute Gasteiger partial charge is 0.385 e. The van der Waals surface area contributed by atoms with Crippen LogP contribution in [0.2, 0.25) is 0 Å². The Morgan fingerprint density at radius 3 is 3.11 bits per heavy atom. The van der Waals surface area contributed by atoms with Gasteiger partial charge >= 0.3 is 0 Å². The van der Waals surface area contributed by atoms with Crippen LogP contribution in [0, 0.1) is 0 Å². The van der Waals surface area contributed by atoms with Crippen LogP contribution >= 0.6 is 0 Å². The molecule has 1 heterocycles. The molecular formula is C15H22N2O2. The van der Waals surface area contributed by atoms with E-state index >= 15 is 0 Å². The summed E-state index contributed by atoms with van der Waals surface area (Å²) in [5.41, 5.74) is 3.02. The Balaban J connectivity index is 1.95. The van der Waals surface area contributed by atoms with E-state index in [9.17, 15) is 4.79 Å². The molecule has 0 bridgehead atoms. The normalized spacial score (nSPS) is 13.8. The molecule has 1 aromatic rings. The van der Waals surface area contributed by atoms with Crippen molar-refractivity contribution in [3.63, 3.8) is 0 Å². The Bertz CT molecular complexity index is 444. The molecule has 0 spiro atoms. The summed E-state index contributed by atoms with van der Waals surface area (Å²) < 4.78 is 5.41. The second kappa shape index (κ2) is 6.57. The lowest BCUT2D eigenvalue weighted by molar-refractivity contribution is 0.0746. The zero-order valence-corrected chi connectivity index (χ0v) is 11.7. The van der Waals surface area contributed by atoms with Crippen molar-refractivity contribution >= 4 is 11.6 Å². The van der Waals surface area contributed by atoms with Crippen molar-refractivity contribution in [3.8, 4) is 0 Å². The number of carbonyl (C=O) groups is 1. The summed E-state index contributed by atoms with van der Waals surface area (Å²) in [7, 11) is 0. The zero-order valence-electron chi connectivity index (χ0n) is 11.7. The third-order valence-electron chi connectivity index (χ3n) is 3.18. The lowest BCUT2D eigenvalue weighted by Crippen LogP contribution is -2.29. The van der Waals surface area contributed by atoms with Crippen LogP contribution in [0.25, 0.3) is 0 Å². The molecule has 0 fully saturated rings. The molecule has 0 radical (unpaired) electrons. The predicted molar refractivity (Wildman–Crippen MR) is 76.7 cm³/mol. The van der Waals surface area contributed by atoms with Crippen LogP contribution in [0.3, 0.4) is 0 Å². The minimum absolute atomic E-state index is 0.00657. The number of rotatable bonds is 5. The van der Waals surface area contributed by atoms with Gasteiger partial charge in [-0.25, -0.2) is 0 Å². The fourth-order valence-corrected chi connectivity index (χ4v) is 2.28. The number of anilines is 1. The van der Waals surface area contributed by atoms with E-state index in [-0.39, 0.29) is 12.0 Å². The molecule has 1 aromatic carbocycles. The van der Waals surface area contributed by atoms with Crippen LogP contribution in [0.1, 0.15) is 36.2 Å². The standard InChI is InChI=1S/C15H22N2O2/c1-11(2)19-10-9-17-15(18)13-5-3-7-14-12(13)6-4-8-16-14/h3,5,7,11,16H,4,6,8-10H2,1-2H3,(H,17,18). The van der Waals surface area contributed by atoms with E-state index in [0.717, 1.165) is 36.2 Å². The topological polar surface area (TPSA) is 50.4 Å². The maximum atomic E-state index is 12.2. The smallest absolute Gasteiger partial charge is 0.251 e. The highest BCUT2D eigenvalue weighted by atomic mass is 16.5. The van der Waals surface area contributed by atoms with Crippen molar-refractivity contribution in [1.29, 1.82) is 0 Å². The molecule has 1 aliphatic rings. The number of ether oxygens (including phenoxy) is 1. The summed E-state index contributed by atoms with van der Waals surface area (Å²) in [6.07, 6.45) is 2.24. The molecule has 104 valence electrons. The van der Waals surface area contributed by atoms with Crippen LogP contribution in [0.5, 0.6) is 0 Å². The molecule has 0 saturated carbocycles. The van der Waals surface area contributed by atoms with E-state index in [4.69, 9.17) is 4.74 Å². The number of benzene rings is 1. The molecule has 19 heavy (non-hydrogen) atoms. The highest BCUT2D eigenvalue weighted by Gasteiger charge is 2.16. The number of carbonyl (C=O) groups excluding carboxylic acids is 1. The molecule has 0 unspecified atom stereocenters. The summed E-state index contributed by atoms with van der Waals surface area (Å²) in [4.78, 5) is 12.2. The van der Waals surface area contributed by atoms with Gasteiger partial charge in [0.25, 0.3) is 5.91 Å². The average molecular weight is 262 g/mol. The highest BCUT2D eigenvalue weighted by molar-refractivity contribution is 5.97. The van der Waals surface area contributed by atoms with Gasteiger partial charge in [0.1, 0.15) is 0 Å². The van der Waals surface area contributed by atoms with E-state index in [1.165, 1.54) is 0 Å². The van der Waals surface area contributed by atoms with Gasteiger partial charge < -0.3 is 15.4 Å². The van der Waals surface area contributed by atoms with Gasteiger partial charge in [-0.3, -0.25) is 4.79 Å². The Labute approximate surface area is 114 Å². The quantitative estimate of drug-likeness (QED) is 0.800. The SMILES string of the molecule is CC(C)OCCNC(=O)c1cccc2c1CCCN2. The summed E-state index contributed by atoms with van der Waals surface area (Å²) in [5, 5.41) is 6.25. The number of nitrogens with one attached hydrogen (secondary N) is 2. The van der Waals surface area contributed by atoms with Gasteiger partial charge in [0.15, 0.2) is 0 Å². The summed E-state index contributed by atoms with van der Waals surface area (Å²) in [6, 6.07) is 5.86. The van der Waals surface area contributed by atoms with E-state index < -0.39 is 0 Å². The van der Waals surface area contributed by atoms with Crippen molar-refractivity contribution in [3.05, 3.63) is 29.3 Å². The molecule has 0 aliphatic carbocycles. The van der Waals surface area contributed by atoms with Crippen molar-refractivity contribution < 1.29 is 9.53 Å². The Kier molecular flexibility index (Phi) is 4.80. The van der Waals surface area contributed by atoms with Crippen LogP contribution < -0.4 is 10.6 Å². The Hall–Kier alpha value is -1.55. The molecular weight excluding hydrogens is 240 g/mol. The van der Waals surface area contributed by atoms with Crippen molar-refractivity contribution in [1.82, 2.24) is 5.32 Å². The predicted octanol–water partition coefficient (Wildman–Crippen LogP) is 2.20. The van der Waals surface area contributed by atoms with Crippen LogP contribution in [0.4, 0.5) is 5.69 Å². The van der Waals surface area contributed by atoms with Crippen LogP contribution in [-0.4, -0.2) is 31.7 Å². The minimum atomic E-state index is -0.00657. The second-order valence-electron chi connectivity index (χ2n) is 5.04. The van der Waals surface area contributed by atoms with E-state index in [0.29, 0.717) is 13.2 Å². The lowest BCUT2D eigenvalue weighted by atomic mass is 9.97. The second-order valence-corrected chi connectivity index (χ2v) is 5.04.